The predicted molar refractivity (Wildman–Crippen MR) is 35.2 cm³/mol. The first kappa shape index (κ1) is 16.5. The quantitative estimate of drug-likeness (QED) is 0.595. The van der Waals surface area contributed by atoms with E-state index in [1.54, 1.807) is 0 Å². The lowest BCUT2D eigenvalue weighted by Crippen LogP contribution is -2.75. The SMILES string of the molecule is OB(O)O[Si](C(F)(F)F)(C(F)(F)F)C(F)(F)F. The number of hydrogen-bond acceptors (Lipinski definition) is 3. The third-order valence-corrected chi connectivity index (χ3v) is 4.44. The van der Waals surface area contributed by atoms with E-state index in [1.807, 2.05) is 0 Å². The van der Waals surface area contributed by atoms with E-state index in [0.717, 1.165) is 0 Å². The van der Waals surface area contributed by atoms with Crippen LogP contribution >= 0.6 is 0 Å². The summed E-state index contributed by atoms with van der Waals surface area (Å²) in [6.45, 7) is 0. The highest BCUT2D eigenvalue weighted by atomic mass is 28.4. The third kappa shape index (κ3) is 2.86. The number of halogens is 9. The Balaban J connectivity index is 5.93. The van der Waals surface area contributed by atoms with Crippen molar-refractivity contribution in [1.82, 2.24) is 0 Å². The van der Waals surface area contributed by atoms with E-state index in [-0.39, 0.29) is 0 Å². The summed E-state index contributed by atoms with van der Waals surface area (Å²) >= 11 is 0. The molecule has 0 unspecified atom stereocenters. The highest BCUT2D eigenvalue weighted by molar-refractivity contribution is 6.83. The first-order valence-corrected chi connectivity index (χ1v) is 5.32. The van der Waals surface area contributed by atoms with Crippen molar-refractivity contribution in [2.45, 2.75) is 17.4 Å². The molecular weight excluding hydrogens is 294 g/mol. The van der Waals surface area contributed by atoms with E-state index in [0.29, 0.717) is 0 Å². The van der Waals surface area contributed by atoms with Crippen LogP contribution in [0, 0.1) is 0 Å². The molecule has 0 aromatic rings. The van der Waals surface area contributed by atoms with Crippen molar-refractivity contribution < 1.29 is 53.9 Å². The van der Waals surface area contributed by atoms with Gasteiger partial charge < -0.3 is 14.4 Å². The zero-order valence-corrected chi connectivity index (χ0v) is 8.28. The summed E-state index contributed by atoms with van der Waals surface area (Å²) in [6.07, 6.45) is 0. The number of alkyl halides is 9. The molecule has 14 heteroatoms. The molecule has 0 saturated heterocycles. The molecule has 0 heterocycles. The predicted octanol–water partition coefficient (Wildman–Crippen LogP) is 1.22. The lowest BCUT2D eigenvalue weighted by Gasteiger charge is -2.35. The molecule has 0 bridgehead atoms. The average Bonchev–Trinajstić information content (AvgIpc) is 1.91. The third-order valence-electron chi connectivity index (χ3n) is 1.48. The van der Waals surface area contributed by atoms with Crippen LogP contribution in [-0.2, 0) is 4.34 Å². The molecule has 0 radical (unpaired) electrons. The molecule has 102 valence electrons. The molecular formula is C3H2BF9O3Si. The summed E-state index contributed by atoms with van der Waals surface area (Å²) in [6, 6.07) is 0. The topological polar surface area (TPSA) is 49.7 Å². The standard InChI is InChI=1S/C3H2BF9O3Si/c5-1(6,7)17(2(8,9)10,3(11,12)13)16-4(14)15/h14-15H. The highest BCUT2D eigenvalue weighted by Gasteiger charge is 2.90. The minimum atomic E-state index is -8.46. The first-order chi connectivity index (χ1) is 7.17. The van der Waals surface area contributed by atoms with E-state index < -0.39 is 33.0 Å². The van der Waals surface area contributed by atoms with Gasteiger partial charge in [0.15, 0.2) is 0 Å². The molecule has 0 amide bonds. The molecule has 0 spiro atoms. The summed E-state index contributed by atoms with van der Waals surface area (Å²) in [7, 11) is -12.3. The summed E-state index contributed by atoms with van der Waals surface area (Å²) in [4.78, 5) is 0. The Bertz CT molecular complexity index is 232. The Labute approximate surface area is 88.1 Å². The van der Waals surface area contributed by atoms with Gasteiger partial charge in [0.1, 0.15) is 0 Å². The minimum absolute atomic E-state index is 2.41. The first-order valence-electron chi connectivity index (χ1n) is 3.41. The Morgan fingerprint density at radius 1 is 0.706 bits per heavy atom. The van der Waals surface area contributed by atoms with Crippen LogP contribution in [0.1, 0.15) is 0 Å². The summed E-state index contributed by atoms with van der Waals surface area (Å²) in [5.74, 6) is -20.5. The zero-order valence-electron chi connectivity index (χ0n) is 7.28. The lowest BCUT2D eigenvalue weighted by atomic mass is 10.3. The van der Waals surface area contributed by atoms with E-state index in [2.05, 4.69) is 4.34 Å². The molecule has 3 nitrogen and oxygen atoms in total. The van der Waals surface area contributed by atoms with Gasteiger partial charge in [0.25, 0.3) is 0 Å². The van der Waals surface area contributed by atoms with Gasteiger partial charge in [0.05, 0.1) is 0 Å². The smallest absolute Gasteiger partial charge is 0.409 e. The van der Waals surface area contributed by atoms with Gasteiger partial charge in [-0.05, 0) is 0 Å². The maximum Gasteiger partial charge on any atom is 0.623 e. The second-order valence-electron chi connectivity index (χ2n) is 2.62. The Morgan fingerprint density at radius 3 is 1.00 bits per heavy atom. The van der Waals surface area contributed by atoms with Gasteiger partial charge in [-0.2, -0.15) is 39.5 Å². The molecule has 0 aliphatic rings. The van der Waals surface area contributed by atoms with Crippen LogP contribution in [0.2, 0.25) is 0 Å². The second-order valence-corrected chi connectivity index (χ2v) is 5.92. The molecule has 0 fully saturated rings. The molecule has 0 atom stereocenters. The lowest BCUT2D eigenvalue weighted by molar-refractivity contribution is -0.186. The highest BCUT2D eigenvalue weighted by Crippen LogP contribution is 2.50. The van der Waals surface area contributed by atoms with Crippen molar-refractivity contribution in [3.8, 4) is 0 Å². The average molecular weight is 296 g/mol. The monoisotopic (exact) mass is 296 g/mol. The largest absolute Gasteiger partial charge is 0.623 e. The zero-order chi connectivity index (χ0) is 14.3. The fourth-order valence-electron chi connectivity index (χ4n) is 0.841. The van der Waals surface area contributed by atoms with Crippen molar-refractivity contribution in [2.24, 2.45) is 0 Å². The van der Waals surface area contributed by atoms with Crippen molar-refractivity contribution >= 4 is 15.6 Å². The molecule has 17 heavy (non-hydrogen) atoms. The van der Waals surface area contributed by atoms with Gasteiger partial charge >= 0.3 is 33.0 Å². The molecule has 0 aromatic carbocycles. The maximum absolute atomic E-state index is 12.0. The molecule has 0 aliphatic carbocycles. The Kier molecular flexibility index (Phi) is 4.21. The van der Waals surface area contributed by atoms with Gasteiger partial charge in [0.2, 0.25) is 0 Å². The van der Waals surface area contributed by atoms with Crippen LogP contribution in [0.4, 0.5) is 39.5 Å². The van der Waals surface area contributed by atoms with Crippen LogP contribution < -0.4 is 0 Å². The van der Waals surface area contributed by atoms with Gasteiger partial charge in [-0.25, -0.2) is 0 Å². The number of rotatable bonds is 2. The summed E-state index contributed by atoms with van der Waals surface area (Å²) in [5, 5.41) is 15.7. The molecule has 0 saturated carbocycles. The normalized spacial score (nSPS) is 15.0. The van der Waals surface area contributed by atoms with Gasteiger partial charge in [-0.15, -0.1) is 0 Å². The second kappa shape index (κ2) is 4.33. The van der Waals surface area contributed by atoms with Crippen molar-refractivity contribution in [2.75, 3.05) is 0 Å². The van der Waals surface area contributed by atoms with E-state index in [1.165, 1.54) is 0 Å². The molecule has 2 N–H and O–H groups in total. The molecule has 0 rings (SSSR count). The maximum atomic E-state index is 12.0. The summed E-state index contributed by atoms with van der Waals surface area (Å²) in [5.41, 5.74) is 0. The Morgan fingerprint density at radius 2 is 0.941 bits per heavy atom. The van der Waals surface area contributed by atoms with E-state index in [9.17, 15) is 39.5 Å². The van der Waals surface area contributed by atoms with Gasteiger partial charge in [0, 0.05) is 0 Å². The fraction of sp³-hybridized carbons (Fsp3) is 1.00. The molecule has 0 aromatic heterocycles. The fourth-order valence-corrected chi connectivity index (χ4v) is 2.52. The molecule has 0 aliphatic heterocycles. The van der Waals surface area contributed by atoms with Crippen molar-refractivity contribution in [3.05, 3.63) is 0 Å². The van der Waals surface area contributed by atoms with Crippen molar-refractivity contribution in [1.29, 1.82) is 0 Å². The number of hydrogen-bond donors (Lipinski definition) is 2. The van der Waals surface area contributed by atoms with Crippen LogP contribution in [0.3, 0.4) is 0 Å². The van der Waals surface area contributed by atoms with Crippen LogP contribution in [0.5, 0.6) is 0 Å². The summed E-state index contributed by atoms with van der Waals surface area (Å²) < 4.78 is 110. The van der Waals surface area contributed by atoms with E-state index >= 15 is 0 Å². The van der Waals surface area contributed by atoms with Gasteiger partial charge in [-0.3, -0.25) is 0 Å². The van der Waals surface area contributed by atoms with Crippen molar-refractivity contribution in [3.63, 3.8) is 0 Å². The van der Waals surface area contributed by atoms with Crippen LogP contribution in [0.25, 0.3) is 0 Å². The van der Waals surface area contributed by atoms with Crippen LogP contribution in [-0.4, -0.2) is 43.1 Å². The Hall–Kier alpha value is -0.468. The van der Waals surface area contributed by atoms with Gasteiger partial charge in [-0.1, -0.05) is 0 Å². The van der Waals surface area contributed by atoms with Crippen LogP contribution in [0.15, 0.2) is 0 Å². The minimum Gasteiger partial charge on any atom is -0.409 e. The van der Waals surface area contributed by atoms with E-state index in [4.69, 9.17) is 10.0 Å².